The van der Waals surface area contributed by atoms with Crippen LogP contribution in [0.15, 0.2) is 24.3 Å². The number of carbonyl (C=O) groups is 1. The van der Waals surface area contributed by atoms with Gasteiger partial charge in [-0.1, -0.05) is 43.5 Å². The highest BCUT2D eigenvalue weighted by molar-refractivity contribution is 6.30. The van der Waals surface area contributed by atoms with E-state index in [-0.39, 0.29) is 18.5 Å². The van der Waals surface area contributed by atoms with Crippen molar-refractivity contribution in [2.75, 3.05) is 11.9 Å². The first-order valence-corrected chi connectivity index (χ1v) is 12.1. The van der Waals surface area contributed by atoms with E-state index in [1.54, 1.807) is 12.1 Å². The predicted octanol–water partition coefficient (Wildman–Crippen LogP) is 4.36. The summed E-state index contributed by atoms with van der Waals surface area (Å²) in [7, 11) is 0. The number of aromatic nitrogens is 4. The van der Waals surface area contributed by atoms with Gasteiger partial charge in [0.25, 0.3) is 0 Å². The fraction of sp³-hybridized carbons (Fsp3) is 0.458. The highest BCUT2D eigenvalue weighted by Gasteiger charge is 2.25. The molecule has 0 saturated heterocycles. The van der Waals surface area contributed by atoms with Gasteiger partial charge < -0.3 is 20.1 Å². The van der Waals surface area contributed by atoms with Crippen molar-refractivity contribution in [2.45, 2.75) is 52.1 Å². The lowest BCUT2D eigenvalue weighted by Gasteiger charge is -2.27. The van der Waals surface area contributed by atoms with E-state index in [4.69, 9.17) is 27.1 Å². The fourth-order valence-electron chi connectivity index (χ4n) is 4.47. The Balaban J connectivity index is 1.90. The smallest absolute Gasteiger partial charge is 0.410 e. The Morgan fingerprint density at radius 1 is 1.26 bits per heavy atom. The van der Waals surface area contributed by atoms with E-state index in [1.807, 2.05) is 24.4 Å². The van der Waals surface area contributed by atoms with Crippen LogP contribution in [0.25, 0.3) is 22.4 Å². The maximum atomic E-state index is 11.1. The minimum atomic E-state index is -1.38. The van der Waals surface area contributed by atoms with Gasteiger partial charge in [-0.15, -0.1) is 0 Å². The van der Waals surface area contributed by atoms with Gasteiger partial charge in [-0.05, 0) is 43.7 Å². The number of rotatable bonds is 7. The van der Waals surface area contributed by atoms with Gasteiger partial charge in [-0.2, -0.15) is 4.98 Å². The molecule has 11 heteroatoms. The van der Waals surface area contributed by atoms with Crippen LogP contribution in [0.1, 0.15) is 45.4 Å². The number of anilines is 1. The largest absolute Gasteiger partial charge is 0.465 e. The third kappa shape index (κ3) is 5.71. The van der Waals surface area contributed by atoms with Crippen molar-refractivity contribution in [3.05, 3.63) is 35.1 Å². The molecule has 0 spiro atoms. The Kier molecular flexibility index (Phi) is 7.51. The molecular weight excluding hydrogens is 470 g/mol. The number of carboxylic acid groups (broad SMARTS) is 1. The predicted molar refractivity (Wildman–Crippen MR) is 135 cm³/mol. The Bertz CT molecular complexity index is 1240. The average molecular weight is 500 g/mol. The number of imidazole rings is 1. The number of hydrogen-bond donors (Lipinski definition) is 5. The minimum absolute atomic E-state index is 0.0740. The zero-order chi connectivity index (χ0) is 25.1. The van der Waals surface area contributed by atoms with Gasteiger partial charge in [0.2, 0.25) is 5.95 Å². The van der Waals surface area contributed by atoms with Gasteiger partial charge >= 0.3 is 6.09 Å². The first-order valence-electron chi connectivity index (χ1n) is 11.8. The normalized spacial score (nSPS) is 18.9. The van der Waals surface area contributed by atoms with Crippen molar-refractivity contribution in [3.8, 4) is 11.3 Å². The SMILES string of the molecule is CC1CCC(Cn2c(N[C@H](C)CO)nc3nc(C(=N)NC(=O)O)nc(-c4cccc(Cl)c4)c32)CC1. The lowest BCUT2D eigenvalue weighted by atomic mass is 9.83. The molecule has 1 amide bonds. The number of benzene rings is 1. The van der Waals surface area contributed by atoms with Crippen molar-refractivity contribution in [3.63, 3.8) is 0 Å². The third-order valence-corrected chi connectivity index (χ3v) is 6.62. The van der Waals surface area contributed by atoms with Crippen LogP contribution < -0.4 is 10.6 Å². The lowest BCUT2D eigenvalue weighted by Crippen LogP contribution is -2.30. The van der Waals surface area contributed by atoms with E-state index in [0.29, 0.717) is 45.9 Å². The second kappa shape index (κ2) is 10.6. The molecule has 1 fully saturated rings. The number of nitrogens with one attached hydrogen (secondary N) is 3. The molecule has 10 nitrogen and oxygen atoms in total. The van der Waals surface area contributed by atoms with E-state index in [0.717, 1.165) is 18.8 Å². The molecule has 1 atom stereocenters. The zero-order valence-electron chi connectivity index (χ0n) is 19.8. The van der Waals surface area contributed by atoms with E-state index >= 15 is 0 Å². The van der Waals surface area contributed by atoms with E-state index in [2.05, 4.69) is 26.8 Å². The molecule has 35 heavy (non-hydrogen) atoms. The minimum Gasteiger partial charge on any atom is -0.465 e. The number of amidine groups is 1. The maximum Gasteiger partial charge on any atom is 0.410 e. The number of aliphatic hydroxyl groups excluding tert-OH is 1. The molecule has 3 aromatic rings. The van der Waals surface area contributed by atoms with E-state index in [1.165, 1.54) is 12.8 Å². The molecule has 0 aliphatic heterocycles. The third-order valence-electron chi connectivity index (χ3n) is 6.38. The van der Waals surface area contributed by atoms with Crippen molar-refractivity contribution in [1.29, 1.82) is 5.41 Å². The number of hydrogen-bond acceptors (Lipinski definition) is 7. The molecule has 0 unspecified atom stereocenters. The van der Waals surface area contributed by atoms with Gasteiger partial charge in [0.05, 0.1) is 6.61 Å². The fourth-order valence-corrected chi connectivity index (χ4v) is 4.66. The summed E-state index contributed by atoms with van der Waals surface area (Å²) in [6, 6.07) is 6.95. The first-order chi connectivity index (χ1) is 16.7. The van der Waals surface area contributed by atoms with Crippen LogP contribution >= 0.6 is 11.6 Å². The highest BCUT2D eigenvalue weighted by atomic mass is 35.5. The summed E-state index contributed by atoms with van der Waals surface area (Å²) in [6.07, 6.45) is 3.18. The average Bonchev–Trinajstić information content (AvgIpc) is 3.16. The molecule has 0 bridgehead atoms. The summed E-state index contributed by atoms with van der Waals surface area (Å²) >= 11 is 6.28. The quantitative estimate of drug-likeness (QED) is 0.239. The van der Waals surface area contributed by atoms with Crippen LogP contribution in [0.3, 0.4) is 0 Å². The molecule has 5 N–H and O–H groups in total. The Morgan fingerprint density at radius 3 is 2.66 bits per heavy atom. The summed E-state index contributed by atoms with van der Waals surface area (Å²) in [5, 5.41) is 32.7. The van der Waals surface area contributed by atoms with Crippen LogP contribution in [0, 0.1) is 17.2 Å². The number of halogens is 1. The zero-order valence-corrected chi connectivity index (χ0v) is 20.5. The summed E-state index contributed by atoms with van der Waals surface area (Å²) in [5.74, 6) is 1.18. The molecule has 1 aromatic carbocycles. The monoisotopic (exact) mass is 499 g/mol. The Hall–Kier alpha value is -3.24. The molecule has 2 aromatic heterocycles. The van der Waals surface area contributed by atoms with Crippen molar-refractivity contribution >= 4 is 40.6 Å². The van der Waals surface area contributed by atoms with E-state index < -0.39 is 11.9 Å². The second-order valence-corrected chi connectivity index (χ2v) is 9.72. The van der Waals surface area contributed by atoms with Crippen LogP contribution in [-0.4, -0.2) is 54.3 Å². The van der Waals surface area contributed by atoms with Crippen molar-refractivity contribution in [2.24, 2.45) is 11.8 Å². The highest BCUT2D eigenvalue weighted by Crippen LogP contribution is 2.34. The standard InChI is InChI=1S/C24H30ClN7O3/c1-13-6-8-15(9-7-13)11-32-19-18(16-4-3-5-17(25)10-16)28-22(20(26)29-24(34)35)30-21(19)31-23(32)27-14(2)12-33/h3-5,10,13-15,33H,6-9,11-12H2,1-2H3,(H2,26,29)(H,34,35)(H,27,28,30,31)/t13?,14-,15?/m1/s1. The maximum absolute atomic E-state index is 11.1. The van der Waals surface area contributed by atoms with Crippen LogP contribution in [0.4, 0.5) is 10.7 Å². The lowest BCUT2D eigenvalue weighted by molar-refractivity contribution is 0.200. The molecule has 1 aliphatic carbocycles. The molecule has 186 valence electrons. The van der Waals surface area contributed by atoms with Gasteiger partial charge in [0.1, 0.15) is 11.2 Å². The topological polar surface area (TPSA) is 149 Å². The first kappa shape index (κ1) is 24.9. The Morgan fingerprint density at radius 2 is 2.00 bits per heavy atom. The molecule has 0 radical (unpaired) electrons. The molecule has 2 heterocycles. The van der Waals surface area contributed by atoms with Gasteiger partial charge in [0.15, 0.2) is 17.3 Å². The number of fused-ring (bicyclic) bond motifs is 1. The molecule has 1 aliphatic rings. The second-order valence-electron chi connectivity index (χ2n) is 9.28. The number of amides is 1. The number of nitrogens with zero attached hydrogens (tertiary/aromatic N) is 4. The van der Waals surface area contributed by atoms with Crippen molar-refractivity contribution < 1.29 is 15.0 Å². The van der Waals surface area contributed by atoms with Crippen LogP contribution in [0.2, 0.25) is 5.02 Å². The summed E-state index contributed by atoms with van der Waals surface area (Å²) in [5.41, 5.74) is 2.21. The van der Waals surface area contributed by atoms with Crippen LogP contribution in [0.5, 0.6) is 0 Å². The van der Waals surface area contributed by atoms with Crippen LogP contribution in [-0.2, 0) is 6.54 Å². The number of aliphatic hydroxyl groups is 1. The summed E-state index contributed by atoms with van der Waals surface area (Å²) in [6.45, 7) is 4.76. The van der Waals surface area contributed by atoms with Gasteiger partial charge in [-0.3, -0.25) is 10.7 Å². The summed E-state index contributed by atoms with van der Waals surface area (Å²) < 4.78 is 2.05. The molecule has 4 rings (SSSR count). The van der Waals surface area contributed by atoms with Gasteiger partial charge in [0, 0.05) is 23.2 Å². The summed E-state index contributed by atoms with van der Waals surface area (Å²) in [4.78, 5) is 24.8. The molecule has 1 saturated carbocycles. The van der Waals surface area contributed by atoms with Crippen molar-refractivity contribution in [1.82, 2.24) is 24.8 Å². The van der Waals surface area contributed by atoms with Gasteiger partial charge in [-0.25, -0.2) is 14.8 Å². The Labute approximate surface area is 208 Å². The van der Waals surface area contributed by atoms with E-state index in [9.17, 15) is 9.90 Å². The molecular formula is C24H30ClN7O3.